The van der Waals surface area contributed by atoms with Crippen molar-refractivity contribution in [1.29, 1.82) is 0 Å². The quantitative estimate of drug-likeness (QED) is 0.140. The number of benzene rings is 11. The lowest BCUT2D eigenvalue weighted by Gasteiger charge is -2.34. The van der Waals surface area contributed by atoms with E-state index in [0.29, 0.717) is 16.8 Å². The number of hydrogen-bond donors (Lipinski definition) is 0. The Morgan fingerprint density at radius 1 is 0.318 bits per heavy atom. The van der Waals surface area contributed by atoms with Crippen LogP contribution < -0.4 is 4.90 Å². The first-order valence-electron chi connectivity index (χ1n) is 25.8. The van der Waals surface area contributed by atoms with Gasteiger partial charge >= 0.3 is 0 Å². The Labute approximate surface area is 397 Å². The molecule has 0 amide bonds. The van der Waals surface area contributed by atoms with Crippen molar-refractivity contribution < 1.29 is 9.60 Å². The van der Waals surface area contributed by atoms with Crippen LogP contribution in [0.15, 0.2) is 273 Å². The highest BCUT2D eigenvalue weighted by Crippen LogP contribution is 2.59. The SMILES string of the molecule is [2H]c1cc(N(c2cccc3c2-c2ccccc2C3(c2ccccc2)c2ccccc2)c2c([2H])c([2H])c(-c3ccc(-c4ccccc4)cc3)c([2H])c2[2H])c([2H])c([2H])c1-c1cccc(-c2cccc3ccccc23)c1. The van der Waals surface area contributed by atoms with Gasteiger partial charge in [0.05, 0.1) is 20.7 Å². The molecule has 0 fully saturated rings. The maximum absolute atomic E-state index is 10.0. The second-order valence-electron chi connectivity index (χ2n) is 16.6. The third-order valence-electron chi connectivity index (χ3n) is 13.0. The van der Waals surface area contributed by atoms with Crippen LogP contribution in [0.3, 0.4) is 0 Å². The van der Waals surface area contributed by atoms with E-state index < -0.39 is 5.41 Å². The van der Waals surface area contributed by atoms with Crippen LogP contribution in [0.4, 0.5) is 17.1 Å². The Morgan fingerprint density at radius 2 is 0.818 bits per heavy atom. The molecule has 11 aromatic carbocycles. The van der Waals surface area contributed by atoms with E-state index in [1.165, 1.54) is 0 Å². The van der Waals surface area contributed by atoms with Crippen LogP contribution in [0.2, 0.25) is 0 Å². The Balaban J connectivity index is 1.11. The summed E-state index contributed by atoms with van der Waals surface area (Å²) in [6.45, 7) is 0. The summed E-state index contributed by atoms with van der Waals surface area (Å²) in [6, 6.07) is 74.2. The second-order valence-corrected chi connectivity index (χ2v) is 16.6. The number of rotatable bonds is 9. The zero-order chi connectivity index (χ0) is 50.0. The fraction of sp³-hybridized carbons (Fsp3) is 0.0154. The summed E-state index contributed by atoms with van der Waals surface area (Å²) in [5.74, 6) is 0. The van der Waals surface area contributed by atoms with E-state index in [2.05, 4.69) is 66.7 Å². The van der Waals surface area contributed by atoms with E-state index in [1.807, 2.05) is 158 Å². The third kappa shape index (κ3) is 6.64. The zero-order valence-corrected chi connectivity index (χ0v) is 35.9. The van der Waals surface area contributed by atoms with E-state index in [0.717, 1.165) is 66.4 Å². The molecule has 1 aliphatic carbocycles. The fourth-order valence-corrected chi connectivity index (χ4v) is 9.99. The van der Waals surface area contributed by atoms with Gasteiger partial charge in [-0.2, -0.15) is 0 Å². The van der Waals surface area contributed by atoms with Gasteiger partial charge in [-0.1, -0.05) is 236 Å². The molecule has 0 radical (unpaired) electrons. The molecule has 12 rings (SSSR count). The highest BCUT2D eigenvalue weighted by molar-refractivity contribution is 5.99. The highest BCUT2D eigenvalue weighted by atomic mass is 15.1. The second kappa shape index (κ2) is 16.6. The van der Waals surface area contributed by atoms with Crippen molar-refractivity contribution in [3.05, 3.63) is 295 Å². The summed E-state index contributed by atoms with van der Waals surface area (Å²) in [5, 5.41) is 2.16. The molecule has 0 bridgehead atoms. The van der Waals surface area contributed by atoms with E-state index in [-0.39, 0.29) is 64.8 Å². The third-order valence-corrected chi connectivity index (χ3v) is 13.0. The van der Waals surface area contributed by atoms with Gasteiger partial charge in [0.15, 0.2) is 0 Å². The van der Waals surface area contributed by atoms with Crippen LogP contribution in [-0.4, -0.2) is 0 Å². The predicted octanol–water partition coefficient (Wildman–Crippen LogP) is 17.3. The molecule has 0 spiro atoms. The monoisotopic (exact) mass is 846 g/mol. The zero-order valence-electron chi connectivity index (χ0n) is 42.9. The average molecular weight is 847 g/mol. The van der Waals surface area contributed by atoms with E-state index >= 15 is 0 Å². The van der Waals surface area contributed by atoms with Gasteiger partial charge in [-0.3, -0.25) is 0 Å². The van der Waals surface area contributed by atoms with Crippen molar-refractivity contribution in [2.45, 2.75) is 5.41 Å². The summed E-state index contributed by atoms with van der Waals surface area (Å²) in [6.07, 6.45) is 0. The Morgan fingerprint density at radius 3 is 1.56 bits per heavy atom. The first kappa shape index (κ1) is 32.2. The van der Waals surface area contributed by atoms with E-state index in [9.17, 15) is 9.60 Å². The van der Waals surface area contributed by atoms with E-state index in [4.69, 9.17) is 0 Å². The lowest BCUT2D eigenvalue weighted by Crippen LogP contribution is -2.28. The van der Waals surface area contributed by atoms with Crippen LogP contribution in [0.5, 0.6) is 0 Å². The fourth-order valence-electron chi connectivity index (χ4n) is 9.99. The largest absolute Gasteiger partial charge is 0.310 e. The molecule has 66 heavy (non-hydrogen) atoms. The minimum Gasteiger partial charge on any atom is -0.310 e. The summed E-state index contributed by atoms with van der Waals surface area (Å²) in [5.41, 5.74) is 10.7. The maximum atomic E-state index is 10.0. The Hall–Kier alpha value is -8.52. The van der Waals surface area contributed by atoms with Crippen LogP contribution in [-0.2, 0) is 5.41 Å². The van der Waals surface area contributed by atoms with Crippen molar-refractivity contribution in [3.8, 4) is 55.6 Å². The molecule has 310 valence electrons. The minimum absolute atomic E-state index is 0.0302. The molecular formula is C65H45N. The minimum atomic E-state index is -0.829. The standard InChI is InChI=1S/C65H45N/c1-4-17-46(18-5-1)47-33-35-48(36-34-47)49-37-41-56(42-38-49)66(57-43-39-50(40-44-57)52-21-14-22-53(45-52)59-29-15-20-51-19-10-11-27-58(51)59)63-32-16-31-62-64(63)60-28-12-13-30-61(60)65(62,54-23-6-2-7-24-54)55-25-8-3-9-26-55/h1-45H/i37D,38D,39D,40D,41D,42D,43D. The Bertz CT molecular complexity index is 3860. The summed E-state index contributed by atoms with van der Waals surface area (Å²) in [4.78, 5) is 1.61. The molecule has 0 saturated carbocycles. The van der Waals surface area contributed by atoms with Gasteiger partial charge in [-0.25, -0.2) is 0 Å². The molecule has 0 aromatic heterocycles. The van der Waals surface area contributed by atoms with Gasteiger partial charge in [-0.15, -0.1) is 0 Å². The molecule has 0 aliphatic heterocycles. The first-order valence-corrected chi connectivity index (χ1v) is 22.3. The van der Waals surface area contributed by atoms with Gasteiger partial charge in [0.1, 0.15) is 0 Å². The maximum Gasteiger partial charge on any atom is 0.0714 e. The topological polar surface area (TPSA) is 3.24 Å². The smallest absolute Gasteiger partial charge is 0.0714 e. The number of fused-ring (bicyclic) bond motifs is 4. The van der Waals surface area contributed by atoms with Gasteiger partial charge < -0.3 is 4.90 Å². The van der Waals surface area contributed by atoms with Gasteiger partial charge in [0.25, 0.3) is 0 Å². The molecule has 0 saturated heterocycles. The Kier molecular flexibility index (Phi) is 8.07. The number of anilines is 3. The predicted molar refractivity (Wildman–Crippen MR) is 278 cm³/mol. The van der Waals surface area contributed by atoms with Gasteiger partial charge in [-0.05, 0) is 119 Å². The van der Waals surface area contributed by atoms with Crippen molar-refractivity contribution in [1.82, 2.24) is 0 Å². The van der Waals surface area contributed by atoms with Crippen molar-refractivity contribution in [3.63, 3.8) is 0 Å². The summed E-state index contributed by atoms with van der Waals surface area (Å²) >= 11 is 0. The lowest BCUT2D eigenvalue weighted by atomic mass is 9.68. The molecule has 1 heteroatoms. The van der Waals surface area contributed by atoms with Crippen LogP contribution in [0.25, 0.3) is 66.4 Å². The molecule has 0 heterocycles. The van der Waals surface area contributed by atoms with Crippen LogP contribution in [0, 0.1) is 0 Å². The number of hydrogen-bond acceptors (Lipinski definition) is 1. The van der Waals surface area contributed by atoms with Crippen molar-refractivity contribution in [2.24, 2.45) is 0 Å². The summed E-state index contributed by atoms with van der Waals surface area (Å²) in [7, 11) is 0. The molecule has 0 atom stereocenters. The normalized spacial score (nSPS) is 13.8. The molecule has 0 N–H and O–H groups in total. The molecule has 0 unspecified atom stereocenters. The van der Waals surface area contributed by atoms with Crippen molar-refractivity contribution >= 4 is 27.8 Å². The first-order chi connectivity index (χ1) is 35.7. The van der Waals surface area contributed by atoms with Crippen LogP contribution in [0.1, 0.15) is 31.8 Å². The van der Waals surface area contributed by atoms with Gasteiger partial charge in [0.2, 0.25) is 0 Å². The molecule has 1 nitrogen and oxygen atoms in total. The van der Waals surface area contributed by atoms with Crippen LogP contribution >= 0.6 is 0 Å². The van der Waals surface area contributed by atoms with Crippen molar-refractivity contribution in [2.75, 3.05) is 4.90 Å². The highest BCUT2D eigenvalue weighted by Gasteiger charge is 2.47. The average Bonchev–Trinajstić information content (AvgIpc) is 3.75. The number of nitrogens with zero attached hydrogens (tertiary/aromatic N) is 1. The molecule has 1 aliphatic rings. The molecular weight excluding hydrogens is 795 g/mol. The van der Waals surface area contributed by atoms with E-state index in [1.54, 1.807) is 11.0 Å². The molecule has 11 aromatic rings. The lowest BCUT2D eigenvalue weighted by molar-refractivity contribution is 0.768. The van der Waals surface area contributed by atoms with Gasteiger partial charge in [0, 0.05) is 16.9 Å². The summed E-state index contributed by atoms with van der Waals surface area (Å²) < 4.78 is 68.9.